The predicted molar refractivity (Wildman–Crippen MR) is 99.8 cm³/mol. The number of aryl methyl sites for hydroxylation is 1. The zero-order valence-electron chi connectivity index (χ0n) is 13.6. The smallest absolute Gasteiger partial charge is 0.246 e. The molecule has 0 bridgehead atoms. The van der Waals surface area contributed by atoms with E-state index in [2.05, 4.69) is 41.5 Å². The van der Waals surface area contributed by atoms with E-state index in [0.29, 0.717) is 31.2 Å². The van der Waals surface area contributed by atoms with E-state index in [9.17, 15) is 4.79 Å². The maximum atomic E-state index is 12.4. The minimum atomic E-state index is -0.854. The largest absolute Gasteiger partial charge is 0.381 e. The van der Waals surface area contributed by atoms with Gasteiger partial charge in [0.15, 0.2) is 5.13 Å². The van der Waals surface area contributed by atoms with E-state index >= 15 is 0 Å². The lowest BCUT2D eigenvalue weighted by molar-refractivity contribution is -0.124. The Bertz CT molecular complexity index is 681. The van der Waals surface area contributed by atoms with Gasteiger partial charge in [-0.2, -0.15) is 0 Å². The maximum absolute atomic E-state index is 12.4. The monoisotopic (exact) mass is 367 g/mol. The first-order valence-corrected chi connectivity index (χ1v) is 8.71. The molecular weight excluding hydrogens is 346 g/mol. The number of ether oxygens (including phenoxy) is 1. The molecular formula is C17H22ClN3O2S. The molecule has 24 heavy (non-hydrogen) atoms. The summed E-state index contributed by atoms with van der Waals surface area (Å²) < 4.78 is 5.27. The molecule has 130 valence electrons. The van der Waals surface area contributed by atoms with Crippen molar-refractivity contribution in [1.29, 1.82) is 0 Å². The zero-order valence-corrected chi connectivity index (χ0v) is 15.2. The van der Waals surface area contributed by atoms with E-state index in [1.165, 1.54) is 16.9 Å². The number of hydrogen-bond donors (Lipinski definition) is 2. The van der Waals surface area contributed by atoms with Gasteiger partial charge in [0, 0.05) is 24.2 Å². The van der Waals surface area contributed by atoms with E-state index in [0.717, 1.165) is 17.7 Å². The zero-order chi connectivity index (χ0) is 16.3. The van der Waals surface area contributed by atoms with Crippen molar-refractivity contribution in [3.63, 3.8) is 0 Å². The van der Waals surface area contributed by atoms with Gasteiger partial charge in [-0.1, -0.05) is 31.2 Å². The van der Waals surface area contributed by atoms with Crippen LogP contribution >= 0.6 is 23.7 Å². The van der Waals surface area contributed by atoms with Crippen LogP contribution in [0.25, 0.3) is 11.3 Å². The molecule has 3 rings (SSSR count). The van der Waals surface area contributed by atoms with Crippen LogP contribution in [0.15, 0.2) is 29.6 Å². The first-order valence-electron chi connectivity index (χ1n) is 7.83. The first-order chi connectivity index (χ1) is 11.1. The Morgan fingerprint density at radius 3 is 2.62 bits per heavy atom. The number of nitrogens with one attached hydrogen (secondary N) is 1. The highest BCUT2D eigenvalue weighted by atomic mass is 35.5. The van der Waals surface area contributed by atoms with E-state index in [1.54, 1.807) is 0 Å². The van der Waals surface area contributed by atoms with Crippen molar-refractivity contribution in [2.24, 2.45) is 5.73 Å². The van der Waals surface area contributed by atoms with Gasteiger partial charge in [-0.05, 0) is 24.8 Å². The number of thiazole rings is 1. The van der Waals surface area contributed by atoms with Crippen LogP contribution in [0.2, 0.25) is 0 Å². The standard InChI is InChI=1S/C17H21N3O2S.ClH/c1-2-12-3-5-13(6-4-12)14-11-23-16(19-14)20-15(21)17(18)7-9-22-10-8-17;/h3-6,11H,2,7-10,18H2,1H3,(H,19,20,21);1H. The predicted octanol–water partition coefficient (Wildman–Crippen LogP) is 3.24. The fourth-order valence-corrected chi connectivity index (χ4v) is 3.27. The van der Waals surface area contributed by atoms with Crippen molar-refractivity contribution >= 4 is 34.8 Å². The Hall–Kier alpha value is -1.47. The Kier molecular flexibility index (Phi) is 6.34. The third-order valence-corrected chi connectivity index (χ3v) is 4.98. The molecule has 0 radical (unpaired) electrons. The van der Waals surface area contributed by atoms with Gasteiger partial charge in [0.2, 0.25) is 5.91 Å². The van der Waals surface area contributed by atoms with E-state index in [-0.39, 0.29) is 18.3 Å². The van der Waals surface area contributed by atoms with Crippen LogP contribution in [0.1, 0.15) is 25.3 Å². The Morgan fingerprint density at radius 1 is 1.33 bits per heavy atom. The summed E-state index contributed by atoms with van der Waals surface area (Å²) in [6.45, 7) is 3.18. The van der Waals surface area contributed by atoms with Crippen LogP contribution in [-0.4, -0.2) is 29.6 Å². The topological polar surface area (TPSA) is 77.2 Å². The molecule has 3 N–H and O–H groups in total. The summed E-state index contributed by atoms with van der Waals surface area (Å²) in [6.07, 6.45) is 2.09. The average molecular weight is 368 g/mol. The fraction of sp³-hybridized carbons (Fsp3) is 0.412. The lowest BCUT2D eigenvalue weighted by atomic mass is 9.90. The molecule has 1 aliphatic rings. The molecule has 0 unspecified atom stereocenters. The molecule has 1 aromatic heterocycles. The van der Waals surface area contributed by atoms with Crippen molar-refractivity contribution in [3.05, 3.63) is 35.2 Å². The van der Waals surface area contributed by atoms with E-state index in [4.69, 9.17) is 10.5 Å². The molecule has 1 aliphatic heterocycles. The Morgan fingerprint density at radius 2 is 2.00 bits per heavy atom. The quantitative estimate of drug-likeness (QED) is 0.869. The molecule has 0 spiro atoms. The maximum Gasteiger partial charge on any atom is 0.246 e. The highest BCUT2D eigenvalue weighted by Crippen LogP contribution is 2.27. The van der Waals surface area contributed by atoms with Crippen molar-refractivity contribution < 1.29 is 9.53 Å². The van der Waals surface area contributed by atoms with Gasteiger partial charge in [-0.25, -0.2) is 4.98 Å². The second-order valence-corrected chi connectivity index (χ2v) is 6.67. The number of nitrogens with two attached hydrogens (primary N) is 1. The number of rotatable bonds is 4. The molecule has 2 aromatic rings. The number of anilines is 1. The molecule has 5 nitrogen and oxygen atoms in total. The summed E-state index contributed by atoms with van der Waals surface area (Å²) in [5.74, 6) is -0.178. The van der Waals surface area contributed by atoms with Gasteiger partial charge >= 0.3 is 0 Å². The van der Waals surface area contributed by atoms with Gasteiger partial charge in [-0.3, -0.25) is 4.79 Å². The number of halogens is 1. The number of carbonyl (C=O) groups excluding carboxylic acids is 1. The number of carbonyl (C=O) groups is 1. The van der Waals surface area contributed by atoms with Crippen molar-refractivity contribution in [2.45, 2.75) is 31.7 Å². The Labute approximate surface area is 152 Å². The van der Waals surface area contributed by atoms with Crippen LogP contribution in [-0.2, 0) is 16.0 Å². The van der Waals surface area contributed by atoms with Crippen LogP contribution in [0, 0.1) is 0 Å². The summed E-state index contributed by atoms with van der Waals surface area (Å²) in [6, 6.07) is 8.32. The summed E-state index contributed by atoms with van der Waals surface area (Å²) in [5.41, 5.74) is 8.54. The molecule has 0 saturated carbocycles. The highest BCUT2D eigenvalue weighted by Gasteiger charge is 2.36. The number of hydrogen-bond acceptors (Lipinski definition) is 5. The molecule has 0 atom stereocenters. The van der Waals surface area contributed by atoms with Gasteiger partial charge < -0.3 is 15.8 Å². The molecule has 1 fully saturated rings. The minimum absolute atomic E-state index is 0. The first kappa shape index (κ1) is 18.9. The summed E-state index contributed by atoms with van der Waals surface area (Å²) in [5, 5.41) is 5.39. The molecule has 7 heteroatoms. The summed E-state index contributed by atoms with van der Waals surface area (Å²) >= 11 is 1.42. The summed E-state index contributed by atoms with van der Waals surface area (Å²) in [7, 11) is 0. The van der Waals surface area contributed by atoms with Crippen LogP contribution in [0.3, 0.4) is 0 Å². The van der Waals surface area contributed by atoms with Crippen molar-refractivity contribution in [2.75, 3.05) is 18.5 Å². The number of aromatic nitrogens is 1. The van der Waals surface area contributed by atoms with Gasteiger partial charge in [0.1, 0.15) is 5.54 Å². The van der Waals surface area contributed by atoms with Crippen LogP contribution < -0.4 is 11.1 Å². The second-order valence-electron chi connectivity index (χ2n) is 5.81. The second kappa shape index (κ2) is 8.07. The number of benzene rings is 1. The fourth-order valence-electron chi connectivity index (χ4n) is 2.56. The molecule has 1 aromatic carbocycles. The molecule has 1 amide bonds. The minimum Gasteiger partial charge on any atom is -0.381 e. The normalized spacial score (nSPS) is 16.2. The highest BCUT2D eigenvalue weighted by molar-refractivity contribution is 7.14. The van der Waals surface area contributed by atoms with Gasteiger partial charge in [0.25, 0.3) is 0 Å². The van der Waals surface area contributed by atoms with Crippen molar-refractivity contribution in [1.82, 2.24) is 4.98 Å². The van der Waals surface area contributed by atoms with Crippen LogP contribution in [0.5, 0.6) is 0 Å². The number of amides is 1. The Balaban J connectivity index is 0.00000208. The summed E-state index contributed by atoms with van der Waals surface area (Å²) in [4.78, 5) is 16.9. The third-order valence-electron chi connectivity index (χ3n) is 4.22. The third kappa shape index (κ3) is 4.13. The average Bonchev–Trinajstić information content (AvgIpc) is 3.04. The molecule has 1 saturated heterocycles. The lowest BCUT2D eigenvalue weighted by Gasteiger charge is -2.31. The van der Waals surface area contributed by atoms with Crippen LogP contribution in [0.4, 0.5) is 5.13 Å². The van der Waals surface area contributed by atoms with E-state index < -0.39 is 5.54 Å². The molecule has 2 heterocycles. The van der Waals surface area contributed by atoms with Gasteiger partial charge in [0.05, 0.1) is 5.69 Å². The SMILES string of the molecule is CCc1ccc(-c2csc(NC(=O)C3(N)CCOCC3)n2)cc1.Cl. The lowest BCUT2D eigenvalue weighted by Crippen LogP contribution is -2.54. The van der Waals surface area contributed by atoms with Gasteiger partial charge in [-0.15, -0.1) is 23.7 Å². The van der Waals surface area contributed by atoms with E-state index in [1.807, 2.05) is 5.38 Å². The number of nitrogens with zero attached hydrogens (tertiary/aromatic N) is 1. The molecule has 0 aliphatic carbocycles. The van der Waals surface area contributed by atoms with Crippen molar-refractivity contribution in [3.8, 4) is 11.3 Å².